The topological polar surface area (TPSA) is 55.4 Å². The van der Waals surface area contributed by atoms with E-state index in [2.05, 4.69) is 5.32 Å². The number of nitrogens with one attached hydrogen (secondary N) is 1. The Balaban J connectivity index is 1.96. The number of piperidine rings is 1. The van der Waals surface area contributed by atoms with Crippen molar-refractivity contribution in [3.63, 3.8) is 0 Å². The van der Waals surface area contributed by atoms with Crippen molar-refractivity contribution in [2.24, 2.45) is 0 Å². The molecule has 2 fully saturated rings. The summed E-state index contributed by atoms with van der Waals surface area (Å²) in [7, 11) is -3.27. The van der Waals surface area contributed by atoms with Crippen LogP contribution in [0.25, 0.3) is 0 Å². The van der Waals surface area contributed by atoms with E-state index in [1.807, 2.05) is 0 Å². The summed E-state index contributed by atoms with van der Waals surface area (Å²) in [6.07, 6.45) is 5.03. The lowest BCUT2D eigenvalue weighted by Crippen LogP contribution is -2.41. The normalized spacial score (nSPS) is 39.3. The third kappa shape index (κ3) is 2.42. The zero-order chi connectivity index (χ0) is 9.47. The summed E-state index contributed by atoms with van der Waals surface area (Å²) in [4.78, 5) is 0. The summed E-state index contributed by atoms with van der Waals surface area (Å²) in [6.45, 7) is 0. The van der Waals surface area contributed by atoms with Crippen LogP contribution in [0.2, 0.25) is 0 Å². The molecule has 2 aliphatic heterocycles. The van der Waals surface area contributed by atoms with Gasteiger partial charge in [0.15, 0.2) is 0 Å². The Kier molecular flexibility index (Phi) is 2.33. The van der Waals surface area contributed by atoms with Crippen LogP contribution >= 0.6 is 0 Å². The molecule has 1 N–H and O–H groups in total. The number of rotatable bonds is 2. The van der Waals surface area contributed by atoms with E-state index in [1.54, 1.807) is 0 Å². The van der Waals surface area contributed by atoms with Crippen molar-refractivity contribution in [1.82, 2.24) is 5.32 Å². The largest absolute Gasteiger partial charge is 0.311 e. The van der Waals surface area contributed by atoms with Crippen LogP contribution in [-0.4, -0.2) is 32.9 Å². The number of hydrogen-bond acceptors (Lipinski definition) is 4. The van der Waals surface area contributed by atoms with Gasteiger partial charge in [-0.3, -0.25) is 4.18 Å². The van der Waals surface area contributed by atoms with Crippen molar-refractivity contribution in [3.05, 3.63) is 0 Å². The van der Waals surface area contributed by atoms with Gasteiger partial charge in [-0.2, -0.15) is 8.42 Å². The highest BCUT2D eigenvalue weighted by molar-refractivity contribution is 7.86. The van der Waals surface area contributed by atoms with E-state index in [9.17, 15) is 8.42 Å². The van der Waals surface area contributed by atoms with Crippen LogP contribution in [0, 0.1) is 0 Å². The summed E-state index contributed by atoms with van der Waals surface area (Å²) in [6, 6.07) is 0.955. The minimum absolute atomic E-state index is 0.0891. The van der Waals surface area contributed by atoms with Gasteiger partial charge in [-0.25, -0.2) is 0 Å². The van der Waals surface area contributed by atoms with Crippen molar-refractivity contribution < 1.29 is 12.6 Å². The predicted octanol–water partition coefficient (Wildman–Crippen LogP) is 0.246. The summed E-state index contributed by atoms with van der Waals surface area (Å²) >= 11 is 0. The van der Waals surface area contributed by atoms with Gasteiger partial charge in [-0.15, -0.1) is 0 Å². The molecule has 0 aliphatic carbocycles. The number of hydrogen-bond donors (Lipinski definition) is 1. The lowest BCUT2D eigenvalue weighted by Gasteiger charge is -2.27. The molecule has 2 saturated heterocycles. The first-order chi connectivity index (χ1) is 6.03. The maximum absolute atomic E-state index is 10.9. The second-order valence-electron chi connectivity index (χ2n) is 4.03. The Morgan fingerprint density at radius 3 is 2.23 bits per heavy atom. The third-order valence-corrected chi connectivity index (χ3v) is 3.36. The zero-order valence-electron chi connectivity index (χ0n) is 7.69. The van der Waals surface area contributed by atoms with E-state index in [-0.39, 0.29) is 6.10 Å². The highest BCUT2D eigenvalue weighted by Crippen LogP contribution is 2.28. The minimum Gasteiger partial charge on any atom is -0.311 e. The van der Waals surface area contributed by atoms with Gasteiger partial charge in [0.25, 0.3) is 10.1 Å². The molecule has 0 aromatic heterocycles. The van der Waals surface area contributed by atoms with E-state index in [4.69, 9.17) is 4.18 Å². The zero-order valence-corrected chi connectivity index (χ0v) is 8.51. The molecular formula is C8H15NO3S. The van der Waals surface area contributed by atoms with Crippen molar-refractivity contribution in [1.29, 1.82) is 0 Å². The fourth-order valence-electron chi connectivity index (χ4n) is 2.33. The Hall–Kier alpha value is -0.130. The van der Waals surface area contributed by atoms with Crippen LogP contribution in [0.5, 0.6) is 0 Å². The molecule has 5 heteroatoms. The van der Waals surface area contributed by atoms with Gasteiger partial charge < -0.3 is 5.32 Å². The fraction of sp³-hybridized carbons (Fsp3) is 1.00. The summed E-state index contributed by atoms with van der Waals surface area (Å²) in [5.41, 5.74) is 0. The smallest absolute Gasteiger partial charge is 0.264 e. The summed E-state index contributed by atoms with van der Waals surface area (Å²) in [5, 5.41) is 3.43. The molecule has 0 aromatic carbocycles. The molecule has 0 aromatic rings. The highest BCUT2D eigenvalue weighted by atomic mass is 32.2. The quantitative estimate of drug-likeness (QED) is 0.656. The van der Waals surface area contributed by atoms with Crippen molar-refractivity contribution in [2.45, 2.75) is 43.9 Å². The molecule has 2 atom stereocenters. The van der Waals surface area contributed by atoms with E-state index in [1.165, 1.54) is 0 Å². The van der Waals surface area contributed by atoms with E-state index >= 15 is 0 Å². The molecule has 0 spiro atoms. The molecular weight excluding hydrogens is 190 g/mol. The van der Waals surface area contributed by atoms with Gasteiger partial charge in [0.1, 0.15) is 0 Å². The predicted molar refractivity (Wildman–Crippen MR) is 48.9 cm³/mol. The van der Waals surface area contributed by atoms with Crippen LogP contribution in [0.4, 0.5) is 0 Å². The van der Waals surface area contributed by atoms with E-state index in [0.717, 1.165) is 31.9 Å². The average molecular weight is 205 g/mol. The SMILES string of the molecule is CS(=O)(=O)OC1CC2CCC(C1)N2. The molecule has 0 saturated carbocycles. The fourth-order valence-corrected chi connectivity index (χ4v) is 2.98. The van der Waals surface area contributed by atoms with Gasteiger partial charge in [0, 0.05) is 12.1 Å². The summed E-state index contributed by atoms with van der Waals surface area (Å²) in [5.74, 6) is 0. The van der Waals surface area contributed by atoms with Gasteiger partial charge in [-0.1, -0.05) is 0 Å². The Morgan fingerprint density at radius 2 is 1.77 bits per heavy atom. The summed E-state index contributed by atoms with van der Waals surface area (Å²) < 4.78 is 26.8. The van der Waals surface area contributed by atoms with Gasteiger partial charge in [0.2, 0.25) is 0 Å². The van der Waals surface area contributed by atoms with Crippen LogP contribution in [0.15, 0.2) is 0 Å². The average Bonchev–Trinajstić information content (AvgIpc) is 2.27. The molecule has 76 valence electrons. The molecule has 13 heavy (non-hydrogen) atoms. The minimum atomic E-state index is -3.27. The Labute approximate surface area is 78.8 Å². The van der Waals surface area contributed by atoms with Gasteiger partial charge in [0.05, 0.1) is 12.4 Å². The standard InChI is InChI=1S/C8H15NO3S/c1-13(10,11)12-8-4-6-2-3-7(5-8)9-6/h6-9H,2-5H2,1H3. The molecule has 0 amide bonds. The first-order valence-corrected chi connectivity index (χ1v) is 6.49. The second-order valence-corrected chi connectivity index (χ2v) is 5.63. The van der Waals surface area contributed by atoms with Gasteiger partial charge in [-0.05, 0) is 25.7 Å². The number of fused-ring (bicyclic) bond motifs is 2. The maximum Gasteiger partial charge on any atom is 0.264 e. The monoisotopic (exact) mass is 205 g/mol. The van der Waals surface area contributed by atoms with Crippen LogP contribution in [-0.2, 0) is 14.3 Å². The van der Waals surface area contributed by atoms with E-state index in [0.29, 0.717) is 12.1 Å². The molecule has 2 bridgehead atoms. The van der Waals surface area contributed by atoms with Crippen LogP contribution in [0.3, 0.4) is 0 Å². The van der Waals surface area contributed by atoms with Crippen LogP contribution < -0.4 is 5.32 Å². The van der Waals surface area contributed by atoms with Crippen molar-refractivity contribution in [3.8, 4) is 0 Å². The first kappa shape index (κ1) is 9.43. The van der Waals surface area contributed by atoms with Crippen LogP contribution in [0.1, 0.15) is 25.7 Å². The highest BCUT2D eigenvalue weighted by Gasteiger charge is 2.35. The first-order valence-electron chi connectivity index (χ1n) is 4.67. The maximum atomic E-state index is 10.9. The Bertz CT molecular complexity index is 276. The van der Waals surface area contributed by atoms with Crippen molar-refractivity contribution >= 4 is 10.1 Å². The molecule has 2 aliphatic rings. The molecule has 2 unspecified atom stereocenters. The molecule has 2 rings (SSSR count). The van der Waals surface area contributed by atoms with E-state index < -0.39 is 10.1 Å². The third-order valence-electron chi connectivity index (χ3n) is 2.74. The lowest BCUT2D eigenvalue weighted by molar-refractivity contribution is 0.145. The second kappa shape index (κ2) is 3.22. The van der Waals surface area contributed by atoms with Gasteiger partial charge >= 0.3 is 0 Å². The molecule has 2 heterocycles. The van der Waals surface area contributed by atoms with Crippen molar-refractivity contribution in [2.75, 3.05) is 6.26 Å². The molecule has 0 radical (unpaired) electrons. The Morgan fingerprint density at radius 1 is 1.23 bits per heavy atom. The lowest BCUT2D eigenvalue weighted by atomic mass is 10.0. The molecule has 4 nitrogen and oxygen atoms in total.